The number of hydrogen-bond donors (Lipinski definition) is 2. The Bertz CT molecular complexity index is 118. The molecule has 3 heteroatoms. The van der Waals surface area contributed by atoms with E-state index in [2.05, 4.69) is 0 Å². The molecule has 3 nitrogen and oxygen atoms in total. The highest BCUT2D eigenvalue weighted by atomic mass is 16.3. The van der Waals surface area contributed by atoms with E-state index in [4.69, 9.17) is 10.8 Å². The number of hydrogen-bond acceptors (Lipinski definition) is 2. The molecule has 1 amide bonds. The Labute approximate surface area is 54.9 Å². The summed E-state index contributed by atoms with van der Waals surface area (Å²) in [4.78, 5) is 10.4. The third kappa shape index (κ3) is 1.68. The van der Waals surface area contributed by atoms with Gasteiger partial charge in [-0.05, 0) is 6.92 Å². The fourth-order valence-electron chi connectivity index (χ4n) is 0.246. The second kappa shape index (κ2) is 2.35. The molecular formula is C6H12NO2. The van der Waals surface area contributed by atoms with Crippen LogP contribution in [0.5, 0.6) is 0 Å². The summed E-state index contributed by atoms with van der Waals surface area (Å²) in [7, 11) is 0. The first-order chi connectivity index (χ1) is 3.89. The normalized spacial score (nSPS) is 17.4. The van der Waals surface area contributed by atoms with Crippen LogP contribution in [0.3, 0.4) is 0 Å². The highest BCUT2D eigenvalue weighted by molar-refractivity contribution is 5.85. The van der Waals surface area contributed by atoms with Crippen molar-refractivity contribution in [1.29, 1.82) is 0 Å². The minimum atomic E-state index is -1.44. The summed E-state index contributed by atoms with van der Waals surface area (Å²) in [6, 6.07) is 0. The van der Waals surface area contributed by atoms with Crippen LogP contribution < -0.4 is 5.73 Å². The molecule has 0 saturated heterocycles. The first-order valence-corrected chi connectivity index (χ1v) is 2.72. The topological polar surface area (TPSA) is 63.3 Å². The van der Waals surface area contributed by atoms with Crippen molar-refractivity contribution in [3.8, 4) is 0 Å². The van der Waals surface area contributed by atoms with E-state index in [1.165, 1.54) is 6.92 Å². The van der Waals surface area contributed by atoms with E-state index < -0.39 is 11.5 Å². The van der Waals surface area contributed by atoms with Crippen LogP contribution in [0.25, 0.3) is 0 Å². The highest BCUT2D eigenvalue weighted by Gasteiger charge is 2.31. The average Bonchev–Trinajstić information content (AvgIpc) is 1.65. The van der Waals surface area contributed by atoms with E-state index >= 15 is 0 Å². The summed E-state index contributed by atoms with van der Waals surface area (Å²) in [5.74, 6) is -0.0995. The molecule has 0 bridgehead atoms. The van der Waals surface area contributed by atoms with Gasteiger partial charge in [-0.15, -0.1) is 0 Å². The highest BCUT2D eigenvalue weighted by Crippen LogP contribution is 2.16. The van der Waals surface area contributed by atoms with Crippen LogP contribution in [0.1, 0.15) is 20.8 Å². The van der Waals surface area contributed by atoms with Crippen LogP contribution >= 0.6 is 0 Å². The molecule has 0 spiro atoms. The standard InChI is InChI=1S/C6H12NO2/c1-4(2)6(3,9)5(7)8/h9H,1-3H3,(H2,7,8). The Morgan fingerprint density at radius 2 is 1.89 bits per heavy atom. The first kappa shape index (κ1) is 8.43. The van der Waals surface area contributed by atoms with Crippen molar-refractivity contribution < 1.29 is 9.90 Å². The number of primary amides is 1. The zero-order valence-electron chi connectivity index (χ0n) is 5.93. The van der Waals surface area contributed by atoms with Gasteiger partial charge in [-0.1, -0.05) is 13.8 Å². The van der Waals surface area contributed by atoms with Gasteiger partial charge in [0, 0.05) is 5.92 Å². The van der Waals surface area contributed by atoms with E-state index in [0.717, 1.165) is 0 Å². The summed E-state index contributed by atoms with van der Waals surface area (Å²) >= 11 is 0. The van der Waals surface area contributed by atoms with Gasteiger partial charge in [-0.3, -0.25) is 4.79 Å². The maximum absolute atomic E-state index is 10.4. The van der Waals surface area contributed by atoms with Gasteiger partial charge >= 0.3 is 0 Å². The predicted molar refractivity (Wildman–Crippen MR) is 34.4 cm³/mol. The lowest BCUT2D eigenvalue weighted by Gasteiger charge is -2.22. The maximum atomic E-state index is 10.4. The molecule has 0 aromatic rings. The minimum absolute atomic E-state index is 0.606. The van der Waals surface area contributed by atoms with Gasteiger partial charge < -0.3 is 10.8 Å². The van der Waals surface area contributed by atoms with Crippen LogP contribution in [-0.4, -0.2) is 16.6 Å². The molecule has 3 N–H and O–H groups in total. The third-order valence-corrected chi connectivity index (χ3v) is 1.45. The van der Waals surface area contributed by atoms with Gasteiger partial charge in [-0.2, -0.15) is 0 Å². The van der Waals surface area contributed by atoms with Crippen molar-refractivity contribution in [3.63, 3.8) is 0 Å². The van der Waals surface area contributed by atoms with Crippen molar-refractivity contribution in [2.45, 2.75) is 26.4 Å². The summed E-state index contributed by atoms with van der Waals surface area (Å²) in [5, 5.41) is 9.16. The smallest absolute Gasteiger partial charge is 0.249 e. The lowest BCUT2D eigenvalue weighted by Crippen LogP contribution is -2.44. The van der Waals surface area contributed by atoms with E-state index in [9.17, 15) is 4.79 Å². The Kier molecular flexibility index (Phi) is 2.20. The fourth-order valence-corrected chi connectivity index (χ4v) is 0.246. The SMILES string of the molecule is C[C](C)C(C)(O)C(N)=O. The Morgan fingerprint density at radius 3 is 1.89 bits per heavy atom. The zero-order chi connectivity index (χ0) is 7.65. The Hall–Kier alpha value is -0.570. The second-order valence-electron chi connectivity index (χ2n) is 2.44. The van der Waals surface area contributed by atoms with Gasteiger partial charge in [0.15, 0.2) is 0 Å². The van der Waals surface area contributed by atoms with Crippen molar-refractivity contribution in [2.75, 3.05) is 0 Å². The summed E-state index contributed by atoms with van der Waals surface area (Å²) in [6.45, 7) is 4.69. The van der Waals surface area contributed by atoms with E-state index in [0.29, 0.717) is 5.92 Å². The maximum Gasteiger partial charge on any atom is 0.249 e. The number of amides is 1. The minimum Gasteiger partial charge on any atom is -0.380 e. The molecule has 0 heterocycles. The van der Waals surface area contributed by atoms with Gasteiger partial charge in [0.1, 0.15) is 5.60 Å². The Morgan fingerprint density at radius 1 is 1.56 bits per heavy atom. The second-order valence-corrected chi connectivity index (χ2v) is 2.44. The molecule has 1 radical (unpaired) electrons. The van der Waals surface area contributed by atoms with Gasteiger partial charge in [-0.25, -0.2) is 0 Å². The van der Waals surface area contributed by atoms with E-state index in [-0.39, 0.29) is 0 Å². The number of aliphatic hydroxyl groups is 1. The van der Waals surface area contributed by atoms with Crippen molar-refractivity contribution in [1.82, 2.24) is 0 Å². The number of carbonyl (C=O) groups excluding carboxylic acids is 1. The van der Waals surface area contributed by atoms with Gasteiger partial charge in [0.25, 0.3) is 0 Å². The van der Waals surface area contributed by atoms with E-state index in [1.807, 2.05) is 0 Å². The molecular weight excluding hydrogens is 118 g/mol. The summed E-state index contributed by atoms with van der Waals surface area (Å²) < 4.78 is 0. The van der Waals surface area contributed by atoms with Crippen LogP contribution in [0.15, 0.2) is 0 Å². The fraction of sp³-hybridized carbons (Fsp3) is 0.667. The number of rotatable bonds is 2. The molecule has 0 saturated carbocycles. The molecule has 1 atom stereocenters. The molecule has 0 aromatic heterocycles. The van der Waals surface area contributed by atoms with Crippen LogP contribution in [0.4, 0.5) is 0 Å². The summed E-state index contributed by atoms with van der Waals surface area (Å²) in [6.07, 6.45) is 0. The third-order valence-electron chi connectivity index (χ3n) is 1.45. The van der Waals surface area contributed by atoms with Crippen molar-refractivity contribution >= 4 is 5.91 Å². The first-order valence-electron chi connectivity index (χ1n) is 2.72. The average molecular weight is 130 g/mol. The van der Waals surface area contributed by atoms with Gasteiger partial charge in [0.2, 0.25) is 5.91 Å². The molecule has 1 unspecified atom stereocenters. The van der Waals surface area contributed by atoms with Crippen LogP contribution in [-0.2, 0) is 4.79 Å². The molecule has 0 fully saturated rings. The van der Waals surface area contributed by atoms with Crippen LogP contribution in [0.2, 0.25) is 0 Å². The quantitative estimate of drug-likeness (QED) is 0.545. The van der Waals surface area contributed by atoms with Crippen molar-refractivity contribution in [3.05, 3.63) is 5.92 Å². The molecule has 0 rings (SSSR count). The zero-order valence-corrected chi connectivity index (χ0v) is 5.93. The number of nitrogens with two attached hydrogens (primary N) is 1. The van der Waals surface area contributed by atoms with E-state index in [1.54, 1.807) is 13.8 Å². The molecule has 53 valence electrons. The molecule has 9 heavy (non-hydrogen) atoms. The summed E-state index contributed by atoms with van der Waals surface area (Å²) in [5.41, 5.74) is 3.42. The lowest BCUT2D eigenvalue weighted by molar-refractivity contribution is -0.132. The number of carbonyl (C=O) groups is 1. The monoisotopic (exact) mass is 130 g/mol. The molecule has 0 aliphatic carbocycles. The Balaban J connectivity index is 4.19. The molecule has 0 aromatic carbocycles. The van der Waals surface area contributed by atoms with Crippen molar-refractivity contribution in [2.24, 2.45) is 5.73 Å². The largest absolute Gasteiger partial charge is 0.380 e. The lowest BCUT2D eigenvalue weighted by atomic mass is 9.92. The van der Waals surface area contributed by atoms with Gasteiger partial charge in [0.05, 0.1) is 0 Å². The van der Waals surface area contributed by atoms with Crippen LogP contribution in [0, 0.1) is 5.92 Å². The predicted octanol–water partition coefficient (Wildman–Crippen LogP) is -0.163. The molecule has 0 aliphatic heterocycles. The molecule has 0 aliphatic rings.